The predicted octanol–water partition coefficient (Wildman–Crippen LogP) is 0.727. The molecule has 2 heterocycles. The second kappa shape index (κ2) is 6.63. The third-order valence-corrected chi connectivity index (χ3v) is 3.43. The first-order valence-corrected chi connectivity index (χ1v) is 6.68. The Labute approximate surface area is 114 Å². The summed E-state index contributed by atoms with van der Waals surface area (Å²) >= 11 is 0. The molecule has 1 atom stereocenters. The number of pyridine rings is 1. The Kier molecular flexibility index (Phi) is 4.87. The summed E-state index contributed by atoms with van der Waals surface area (Å²) in [5.74, 6) is 0.148. The highest BCUT2D eigenvalue weighted by Crippen LogP contribution is 2.06. The molecule has 19 heavy (non-hydrogen) atoms. The summed E-state index contributed by atoms with van der Waals surface area (Å²) in [7, 11) is 0. The highest BCUT2D eigenvalue weighted by atomic mass is 16.5. The second-order valence-electron chi connectivity index (χ2n) is 4.84. The minimum Gasteiger partial charge on any atom is -0.378 e. The molecule has 104 valence electrons. The topological polar surface area (TPSA) is 54.5 Å². The number of carbonyl (C=O) groups is 1. The van der Waals surface area contributed by atoms with Crippen LogP contribution in [0.2, 0.25) is 0 Å². The summed E-state index contributed by atoms with van der Waals surface area (Å²) < 4.78 is 5.25. The second-order valence-corrected chi connectivity index (χ2v) is 4.84. The molecule has 1 N–H and O–H groups in total. The van der Waals surface area contributed by atoms with Gasteiger partial charge >= 0.3 is 0 Å². The molecular formula is C14H21N3O2. The molecule has 0 spiro atoms. The SMILES string of the molecule is Cc1cnccc1CNC(C)C(=O)N1CCOCC1. The van der Waals surface area contributed by atoms with Crippen molar-refractivity contribution >= 4 is 5.91 Å². The number of morpholine rings is 1. The fourth-order valence-corrected chi connectivity index (χ4v) is 2.11. The van der Waals surface area contributed by atoms with Crippen LogP contribution in [0.25, 0.3) is 0 Å². The van der Waals surface area contributed by atoms with Gasteiger partial charge in [-0.15, -0.1) is 0 Å². The van der Waals surface area contributed by atoms with Gasteiger partial charge in [-0.05, 0) is 31.0 Å². The number of hydrogen-bond donors (Lipinski definition) is 1. The lowest BCUT2D eigenvalue weighted by Crippen LogP contribution is -2.49. The molecule has 0 aliphatic carbocycles. The maximum absolute atomic E-state index is 12.2. The molecule has 0 bridgehead atoms. The monoisotopic (exact) mass is 263 g/mol. The van der Waals surface area contributed by atoms with Crippen molar-refractivity contribution in [2.24, 2.45) is 0 Å². The minimum absolute atomic E-state index is 0.148. The Morgan fingerprint density at radius 3 is 2.95 bits per heavy atom. The van der Waals surface area contributed by atoms with Crippen molar-refractivity contribution in [1.82, 2.24) is 15.2 Å². The van der Waals surface area contributed by atoms with Crippen LogP contribution >= 0.6 is 0 Å². The molecule has 5 heteroatoms. The van der Waals surface area contributed by atoms with Gasteiger partial charge in [0, 0.05) is 32.0 Å². The molecule has 2 rings (SSSR count). The van der Waals surface area contributed by atoms with E-state index in [4.69, 9.17) is 4.74 Å². The van der Waals surface area contributed by atoms with Gasteiger partial charge in [-0.25, -0.2) is 0 Å². The first kappa shape index (κ1) is 14.0. The van der Waals surface area contributed by atoms with Crippen molar-refractivity contribution in [3.8, 4) is 0 Å². The first-order chi connectivity index (χ1) is 9.18. The molecule has 1 unspecified atom stereocenters. The molecule has 1 amide bonds. The van der Waals surface area contributed by atoms with Crippen LogP contribution in [0.5, 0.6) is 0 Å². The van der Waals surface area contributed by atoms with Gasteiger partial charge in [-0.2, -0.15) is 0 Å². The quantitative estimate of drug-likeness (QED) is 0.870. The summed E-state index contributed by atoms with van der Waals surface area (Å²) in [6.45, 7) is 7.29. The minimum atomic E-state index is -0.175. The lowest BCUT2D eigenvalue weighted by atomic mass is 10.1. The van der Waals surface area contributed by atoms with Gasteiger partial charge in [0.1, 0.15) is 0 Å². The summed E-state index contributed by atoms with van der Waals surface area (Å²) in [5.41, 5.74) is 2.32. The average Bonchev–Trinajstić information content (AvgIpc) is 2.46. The van der Waals surface area contributed by atoms with E-state index in [9.17, 15) is 4.79 Å². The van der Waals surface area contributed by atoms with Gasteiger partial charge in [0.15, 0.2) is 0 Å². The van der Waals surface area contributed by atoms with Crippen LogP contribution in [0.15, 0.2) is 18.5 Å². The predicted molar refractivity (Wildman–Crippen MR) is 72.7 cm³/mol. The Balaban J connectivity index is 1.85. The van der Waals surface area contributed by atoms with Crippen molar-refractivity contribution in [3.05, 3.63) is 29.6 Å². The Hall–Kier alpha value is -1.46. The molecule has 1 aromatic heterocycles. The molecule has 0 aromatic carbocycles. The normalized spacial score (nSPS) is 17.3. The smallest absolute Gasteiger partial charge is 0.239 e. The molecule has 1 fully saturated rings. The van der Waals surface area contributed by atoms with Crippen LogP contribution in [-0.2, 0) is 16.1 Å². The van der Waals surface area contributed by atoms with Crippen LogP contribution in [0.1, 0.15) is 18.1 Å². The standard InChI is InChI=1S/C14H21N3O2/c1-11-9-15-4-3-13(11)10-16-12(2)14(18)17-5-7-19-8-6-17/h3-4,9,12,16H,5-8,10H2,1-2H3. The van der Waals surface area contributed by atoms with Gasteiger partial charge in [0.25, 0.3) is 0 Å². The van der Waals surface area contributed by atoms with Crippen LogP contribution in [-0.4, -0.2) is 48.1 Å². The van der Waals surface area contributed by atoms with E-state index in [1.807, 2.05) is 31.0 Å². The number of rotatable bonds is 4. The average molecular weight is 263 g/mol. The number of ether oxygens (including phenoxy) is 1. The van der Waals surface area contributed by atoms with E-state index in [0.29, 0.717) is 32.8 Å². The van der Waals surface area contributed by atoms with Crippen molar-refractivity contribution < 1.29 is 9.53 Å². The van der Waals surface area contributed by atoms with Crippen molar-refractivity contribution in [2.45, 2.75) is 26.4 Å². The van der Waals surface area contributed by atoms with E-state index >= 15 is 0 Å². The molecule has 5 nitrogen and oxygen atoms in total. The number of aromatic nitrogens is 1. The summed E-state index contributed by atoms with van der Waals surface area (Å²) in [6.07, 6.45) is 3.62. The molecule has 1 aliphatic rings. The Bertz CT molecular complexity index is 430. The molecular weight excluding hydrogens is 242 g/mol. The lowest BCUT2D eigenvalue weighted by molar-refractivity contribution is -0.137. The maximum atomic E-state index is 12.2. The Morgan fingerprint density at radius 1 is 1.53 bits per heavy atom. The van der Waals surface area contributed by atoms with Gasteiger partial charge in [0.2, 0.25) is 5.91 Å². The molecule has 1 saturated heterocycles. The zero-order chi connectivity index (χ0) is 13.7. The number of aryl methyl sites for hydroxylation is 1. The van der Waals surface area contributed by atoms with Gasteiger partial charge in [-0.1, -0.05) is 0 Å². The largest absolute Gasteiger partial charge is 0.378 e. The lowest BCUT2D eigenvalue weighted by Gasteiger charge is -2.29. The van der Waals surface area contributed by atoms with Crippen LogP contribution in [0.3, 0.4) is 0 Å². The zero-order valence-corrected chi connectivity index (χ0v) is 11.6. The summed E-state index contributed by atoms with van der Waals surface area (Å²) in [6, 6.07) is 1.81. The van der Waals surface area contributed by atoms with Crippen molar-refractivity contribution in [1.29, 1.82) is 0 Å². The van der Waals surface area contributed by atoms with E-state index in [0.717, 1.165) is 5.56 Å². The number of nitrogens with one attached hydrogen (secondary N) is 1. The third kappa shape index (κ3) is 3.75. The highest BCUT2D eigenvalue weighted by Gasteiger charge is 2.21. The van der Waals surface area contributed by atoms with Crippen LogP contribution < -0.4 is 5.32 Å². The fraction of sp³-hybridized carbons (Fsp3) is 0.571. The summed E-state index contributed by atoms with van der Waals surface area (Å²) in [4.78, 5) is 18.1. The fourth-order valence-electron chi connectivity index (χ4n) is 2.11. The van der Waals surface area contributed by atoms with Gasteiger partial charge < -0.3 is 15.0 Å². The van der Waals surface area contributed by atoms with Gasteiger partial charge in [-0.3, -0.25) is 9.78 Å². The maximum Gasteiger partial charge on any atom is 0.239 e. The summed E-state index contributed by atoms with van der Waals surface area (Å²) in [5, 5.41) is 3.28. The van der Waals surface area contributed by atoms with E-state index in [1.54, 1.807) is 6.20 Å². The highest BCUT2D eigenvalue weighted by molar-refractivity contribution is 5.81. The number of hydrogen-bond acceptors (Lipinski definition) is 4. The molecule has 1 aliphatic heterocycles. The van der Waals surface area contributed by atoms with Crippen LogP contribution in [0.4, 0.5) is 0 Å². The molecule has 1 aromatic rings. The van der Waals surface area contributed by atoms with E-state index in [1.165, 1.54) is 5.56 Å². The van der Waals surface area contributed by atoms with E-state index in [2.05, 4.69) is 10.3 Å². The first-order valence-electron chi connectivity index (χ1n) is 6.68. The number of carbonyl (C=O) groups excluding carboxylic acids is 1. The van der Waals surface area contributed by atoms with Crippen molar-refractivity contribution in [3.63, 3.8) is 0 Å². The zero-order valence-electron chi connectivity index (χ0n) is 11.6. The number of amides is 1. The molecule has 0 saturated carbocycles. The van der Waals surface area contributed by atoms with Crippen LogP contribution in [0, 0.1) is 6.92 Å². The van der Waals surface area contributed by atoms with E-state index in [-0.39, 0.29) is 11.9 Å². The Morgan fingerprint density at radius 2 is 2.26 bits per heavy atom. The molecule has 0 radical (unpaired) electrons. The van der Waals surface area contributed by atoms with Gasteiger partial charge in [0.05, 0.1) is 19.3 Å². The van der Waals surface area contributed by atoms with Crippen molar-refractivity contribution in [2.75, 3.05) is 26.3 Å². The third-order valence-electron chi connectivity index (χ3n) is 3.43. The number of nitrogens with zero attached hydrogens (tertiary/aromatic N) is 2. The van der Waals surface area contributed by atoms with E-state index < -0.39 is 0 Å².